The standard InChI is InChI=1S/C16H13BrN4O2S/c17-12-2-1-3-13(9-12)21-16-14-5-4-11(6-7-20-24(22)23)8-15(14)18-10-19-16/h1-10,20H,(H,22,23)(H,18,19,21)/p-1. The predicted octanol–water partition coefficient (Wildman–Crippen LogP) is 3.49. The van der Waals surface area contributed by atoms with Crippen LogP contribution in [0.2, 0.25) is 0 Å². The highest BCUT2D eigenvalue weighted by Gasteiger charge is 2.05. The average molecular weight is 404 g/mol. The Bertz CT molecular complexity index is 933. The Hall–Kier alpha value is -2.29. The first kappa shape index (κ1) is 16.6. The summed E-state index contributed by atoms with van der Waals surface area (Å²) in [4.78, 5) is 8.57. The van der Waals surface area contributed by atoms with Gasteiger partial charge >= 0.3 is 0 Å². The molecule has 122 valence electrons. The lowest BCUT2D eigenvalue weighted by Crippen LogP contribution is -2.07. The molecule has 0 saturated heterocycles. The van der Waals surface area contributed by atoms with Crippen LogP contribution in [0.25, 0.3) is 17.0 Å². The Balaban J connectivity index is 1.90. The molecule has 0 aliphatic carbocycles. The van der Waals surface area contributed by atoms with Gasteiger partial charge in [-0.2, -0.15) is 0 Å². The van der Waals surface area contributed by atoms with Crippen molar-refractivity contribution in [1.82, 2.24) is 14.7 Å². The molecule has 0 aliphatic rings. The number of halogens is 1. The third kappa shape index (κ3) is 4.16. The number of hydrogen-bond donors (Lipinski definition) is 2. The number of hydrogen-bond acceptors (Lipinski definition) is 5. The van der Waals surface area contributed by atoms with Crippen LogP contribution in [0.3, 0.4) is 0 Å². The quantitative estimate of drug-likeness (QED) is 0.636. The van der Waals surface area contributed by atoms with Crippen LogP contribution in [0.5, 0.6) is 0 Å². The maximum absolute atomic E-state index is 10.4. The van der Waals surface area contributed by atoms with Gasteiger partial charge in [0, 0.05) is 33.0 Å². The Labute approximate surface area is 149 Å². The van der Waals surface area contributed by atoms with E-state index in [-0.39, 0.29) is 0 Å². The number of nitrogens with one attached hydrogen (secondary N) is 2. The molecule has 0 aliphatic heterocycles. The summed E-state index contributed by atoms with van der Waals surface area (Å²) in [6, 6.07) is 13.4. The van der Waals surface area contributed by atoms with Crippen LogP contribution in [0.15, 0.2) is 59.5 Å². The van der Waals surface area contributed by atoms with Crippen LogP contribution in [0.4, 0.5) is 11.5 Å². The van der Waals surface area contributed by atoms with Crippen molar-refractivity contribution < 1.29 is 8.76 Å². The summed E-state index contributed by atoms with van der Waals surface area (Å²) < 4.78 is 24.1. The molecule has 0 saturated carbocycles. The maximum Gasteiger partial charge on any atom is 0.141 e. The van der Waals surface area contributed by atoms with Gasteiger partial charge in [-0.15, -0.1) is 0 Å². The molecule has 0 amide bonds. The number of aromatic nitrogens is 2. The van der Waals surface area contributed by atoms with E-state index in [9.17, 15) is 8.76 Å². The molecular formula is C16H12BrN4O2S-. The molecule has 1 unspecified atom stereocenters. The van der Waals surface area contributed by atoms with Gasteiger partial charge in [-0.05, 0) is 42.0 Å². The molecule has 8 heteroatoms. The van der Waals surface area contributed by atoms with Crippen molar-refractivity contribution in [2.75, 3.05) is 5.32 Å². The molecule has 0 spiro atoms. The number of rotatable bonds is 5. The van der Waals surface area contributed by atoms with Gasteiger partial charge in [-0.3, -0.25) is 4.21 Å². The molecule has 1 heterocycles. The van der Waals surface area contributed by atoms with Gasteiger partial charge in [0.15, 0.2) is 0 Å². The van der Waals surface area contributed by atoms with Gasteiger partial charge in [0.1, 0.15) is 12.1 Å². The van der Waals surface area contributed by atoms with Crippen molar-refractivity contribution in [3.05, 3.63) is 65.0 Å². The second-order valence-electron chi connectivity index (χ2n) is 4.82. The second kappa shape index (κ2) is 7.52. The minimum Gasteiger partial charge on any atom is -0.755 e. The van der Waals surface area contributed by atoms with E-state index in [2.05, 4.69) is 35.9 Å². The second-order valence-corrected chi connectivity index (χ2v) is 6.44. The van der Waals surface area contributed by atoms with Gasteiger partial charge in [0.05, 0.1) is 5.52 Å². The fraction of sp³-hybridized carbons (Fsp3) is 0. The van der Waals surface area contributed by atoms with Crippen LogP contribution in [-0.4, -0.2) is 18.7 Å². The van der Waals surface area contributed by atoms with E-state index < -0.39 is 11.3 Å². The Morgan fingerprint density at radius 1 is 1.17 bits per heavy atom. The summed E-state index contributed by atoms with van der Waals surface area (Å²) in [7, 11) is 0. The summed E-state index contributed by atoms with van der Waals surface area (Å²) in [5, 5.41) is 4.14. The van der Waals surface area contributed by atoms with Crippen LogP contribution in [0, 0.1) is 0 Å². The van der Waals surface area contributed by atoms with Gasteiger partial charge in [-0.1, -0.05) is 28.1 Å². The topological polar surface area (TPSA) is 90.0 Å². The van der Waals surface area contributed by atoms with Gasteiger partial charge in [0.25, 0.3) is 0 Å². The molecular weight excluding hydrogens is 392 g/mol. The summed E-state index contributed by atoms with van der Waals surface area (Å²) in [6.07, 6.45) is 4.49. The molecule has 3 aromatic rings. The zero-order chi connectivity index (χ0) is 16.9. The average Bonchev–Trinajstić information content (AvgIpc) is 2.54. The molecule has 0 bridgehead atoms. The number of benzene rings is 2. The first-order chi connectivity index (χ1) is 11.6. The maximum atomic E-state index is 10.4. The van der Waals surface area contributed by atoms with E-state index >= 15 is 0 Å². The van der Waals surface area contributed by atoms with Crippen LogP contribution >= 0.6 is 15.9 Å². The fourth-order valence-electron chi connectivity index (χ4n) is 2.17. The molecule has 3 rings (SSSR count). The molecule has 0 fully saturated rings. The smallest absolute Gasteiger partial charge is 0.141 e. The highest BCUT2D eigenvalue weighted by molar-refractivity contribution is 9.10. The number of anilines is 2. The first-order valence-electron chi connectivity index (χ1n) is 6.91. The zero-order valence-corrected chi connectivity index (χ0v) is 14.7. The fourth-order valence-corrected chi connectivity index (χ4v) is 2.74. The van der Waals surface area contributed by atoms with E-state index in [1.807, 2.05) is 42.5 Å². The van der Waals surface area contributed by atoms with E-state index in [0.717, 1.165) is 26.6 Å². The predicted molar refractivity (Wildman–Crippen MR) is 98.1 cm³/mol. The molecule has 2 N–H and O–H groups in total. The molecule has 1 atom stereocenters. The van der Waals surface area contributed by atoms with Crippen molar-refractivity contribution in [2.24, 2.45) is 0 Å². The zero-order valence-electron chi connectivity index (χ0n) is 12.3. The Kier molecular flexibility index (Phi) is 5.19. The normalized spacial score (nSPS) is 12.4. The van der Waals surface area contributed by atoms with E-state index in [0.29, 0.717) is 5.82 Å². The van der Waals surface area contributed by atoms with Gasteiger partial charge in [-0.25, -0.2) is 9.97 Å². The molecule has 1 aromatic heterocycles. The number of nitrogens with zero attached hydrogens (tertiary/aromatic N) is 2. The third-order valence-corrected chi connectivity index (χ3v) is 4.01. The summed E-state index contributed by atoms with van der Waals surface area (Å²) in [5.74, 6) is 0.701. The Morgan fingerprint density at radius 2 is 2.04 bits per heavy atom. The summed E-state index contributed by atoms with van der Waals surface area (Å²) in [5.41, 5.74) is 2.50. The summed E-state index contributed by atoms with van der Waals surface area (Å²) in [6.45, 7) is 0. The molecule has 2 aromatic carbocycles. The van der Waals surface area contributed by atoms with E-state index in [4.69, 9.17) is 0 Å². The molecule has 6 nitrogen and oxygen atoms in total. The number of fused-ring (bicyclic) bond motifs is 1. The molecule has 24 heavy (non-hydrogen) atoms. The summed E-state index contributed by atoms with van der Waals surface area (Å²) >= 11 is 1.12. The van der Waals surface area contributed by atoms with Gasteiger partial charge in [0.2, 0.25) is 0 Å². The minimum atomic E-state index is -2.32. The van der Waals surface area contributed by atoms with Gasteiger partial charge < -0.3 is 14.6 Å². The van der Waals surface area contributed by atoms with Crippen LogP contribution < -0.4 is 10.0 Å². The van der Waals surface area contributed by atoms with Crippen LogP contribution in [-0.2, 0) is 11.3 Å². The Morgan fingerprint density at radius 3 is 2.83 bits per heavy atom. The first-order valence-corrected chi connectivity index (χ1v) is 8.78. The SMILES string of the molecule is O=S([O-])NC=Cc1ccc2c(Nc3cccc(Br)c3)ncnc2c1. The largest absolute Gasteiger partial charge is 0.755 e. The monoisotopic (exact) mass is 403 g/mol. The van der Waals surface area contributed by atoms with Crippen molar-refractivity contribution in [2.45, 2.75) is 0 Å². The van der Waals surface area contributed by atoms with Crippen molar-refractivity contribution >= 4 is 55.7 Å². The van der Waals surface area contributed by atoms with Crippen molar-refractivity contribution in [3.63, 3.8) is 0 Å². The lowest BCUT2D eigenvalue weighted by atomic mass is 10.1. The highest BCUT2D eigenvalue weighted by atomic mass is 79.9. The third-order valence-electron chi connectivity index (χ3n) is 3.19. The van der Waals surface area contributed by atoms with Crippen molar-refractivity contribution in [3.8, 4) is 0 Å². The molecule has 0 radical (unpaired) electrons. The highest BCUT2D eigenvalue weighted by Crippen LogP contribution is 2.25. The van der Waals surface area contributed by atoms with E-state index in [1.165, 1.54) is 12.5 Å². The lowest BCUT2D eigenvalue weighted by Gasteiger charge is -2.09. The van der Waals surface area contributed by atoms with Crippen molar-refractivity contribution in [1.29, 1.82) is 0 Å². The lowest BCUT2D eigenvalue weighted by molar-refractivity contribution is 0.531. The van der Waals surface area contributed by atoms with Crippen LogP contribution in [0.1, 0.15) is 5.56 Å². The van der Waals surface area contributed by atoms with E-state index in [1.54, 1.807) is 6.08 Å². The minimum absolute atomic E-state index is 0.701.